The van der Waals surface area contributed by atoms with Crippen molar-refractivity contribution in [2.24, 2.45) is 0 Å². The SMILES string of the molecule is O[C@H](Cc1cnccn1)C(Cl)(Cl)Cl. The molecule has 6 heteroatoms. The standard InChI is InChI=1S/C7H7Cl3N2O/c8-7(9,10)6(13)3-5-4-11-1-2-12-5/h1-2,4,6,13H,3H2/t6-/m1/s1. The van der Waals surface area contributed by atoms with Crippen LogP contribution in [0.4, 0.5) is 0 Å². The van der Waals surface area contributed by atoms with Gasteiger partial charge >= 0.3 is 0 Å². The van der Waals surface area contributed by atoms with E-state index >= 15 is 0 Å². The van der Waals surface area contributed by atoms with Gasteiger partial charge < -0.3 is 5.11 Å². The van der Waals surface area contributed by atoms with E-state index in [0.29, 0.717) is 5.69 Å². The Hall–Kier alpha value is -0.0900. The van der Waals surface area contributed by atoms with Gasteiger partial charge in [0.25, 0.3) is 0 Å². The monoisotopic (exact) mass is 240 g/mol. The molecule has 0 aliphatic rings. The topological polar surface area (TPSA) is 46.0 Å². The van der Waals surface area contributed by atoms with Gasteiger partial charge in [-0.2, -0.15) is 0 Å². The lowest BCUT2D eigenvalue weighted by Crippen LogP contribution is -2.27. The number of aromatic nitrogens is 2. The van der Waals surface area contributed by atoms with Gasteiger partial charge in [0.15, 0.2) is 0 Å². The number of aliphatic hydroxyl groups excluding tert-OH is 1. The largest absolute Gasteiger partial charge is 0.388 e. The Morgan fingerprint density at radius 2 is 2.08 bits per heavy atom. The first-order valence-corrected chi connectivity index (χ1v) is 4.63. The van der Waals surface area contributed by atoms with Crippen LogP contribution in [0.3, 0.4) is 0 Å². The Labute approximate surface area is 90.7 Å². The van der Waals surface area contributed by atoms with Crippen molar-refractivity contribution in [2.75, 3.05) is 0 Å². The molecule has 1 heterocycles. The zero-order valence-electron chi connectivity index (χ0n) is 6.49. The van der Waals surface area contributed by atoms with Gasteiger partial charge in [-0.05, 0) is 0 Å². The summed E-state index contributed by atoms with van der Waals surface area (Å²) < 4.78 is -1.68. The van der Waals surface area contributed by atoms with Gasteiger partial charge in [-0.1, -0.05) is 34.8 Å². The molecule has 1 aromatic rings. The lowest BCUT2D eigenvalue weighted by atomic mass is 10.2. The van der Waals surface area contributed by atoms with Crippen LogP contribution in [0.25, 0.3) is 0 Å². The summed E-state index contributed by atoms with van der Waals surface area (Å²) in [5.41, 5.74) is 0.585. The highest BCUT2D eigenvalue weighted by atomic mass is 35.6. The van der Waals surface area contributed by atoms with Crippen molar-refractivity contribution in [3.8, 4) is 0 Å². The van der Waals surface area contributed by atoms with E-state index < -0.39 is 9.90 Å². The molecular formula is C7H7Cl3N2O. The normalized spacial score (nSPS) is 14.2. The van der Waals surface area contributed by atoms with Crippen molar-refractivity contribution < 1.29 is 5.11 Å². The fourth-order valence-electron chi connectivity index (χ4n) is 0.749. The zero-order valence-corrected chi connectivity index (χ0v) is 8.76. The maximum absolute atomic E-state index is 9.38. The first-order valence-electron chi connectivity index (χ1n) is 3.50. The molecule has 1 rings (SSSR count). The Balaban J connectivity index is 2.61. The predicted molar refractivity (Wildman–Crippen MR) is 52.0 cm³/mol. The highest BCUT2D eigenvalue weighted by molar-refractivity contribution is 6.68. The third-order valence-electron chi connectivity index (χ3n) is 1.40. The average Bonchev–Trinajstić information content (AvgIpc) is 2.04. The number of aliphatic hydroxyl groups is 1. The molecule has 13 heavy (non-hydrogen) atoms. The van der Waals surface area contributed by atoms with E-state index in [9.17, 15) is 5.11 Å². The maximum Gasteiger partial charge on any atom is 0.216 e. The van der Waals surface area contributed by atoms with E-state index in [1.807, 2.05) is 0 Å². The summed E-state index contributed by atoms with van der Waals surface area (Å²) in [6.07, 6.45) is 3.66. The van der Waals surface area contributed by atoms with E-state index in [1.165, 1.54) is 18.6 Å². The number of halogens is 3. The summed E-state index contributed by atoms with van der Waals surface area (Å²) in [5, 5.41) is 9.38. The van der Waals surface area contributed by atoms with Crippen molar-refractivity contribution in [3.63, 3.8) is 0 Å². The minimum absolute atomic E-state index is 0.171. The lowest BCUT2D eigenvalue weighted by molar-refractivity contribution is 0.178. The van der Waals surface area contributed by atoms with Crippen molar-refractivity contribution in [1.29, 1.82) is 0 Å². The number of nitrogens with zero attached hydrogens (tertiary/aromatic N) is 2. The van der Waals surface area contributed by atoms with Crippen LogP contribution in [-0.4, -0.2) is 25.0 Å². The van der Waals surface area contributed by atoms with Crippen molar-refractivity contribution in [3.05, 3.63) is 24.3 Å². The quantitative estimate of drug-likeness (QED) is 0.803. The zero-order chi connectivity index (χ0) is 9.90. The van der Waals surface area contributed by atoms with Gasteiger partial charge in [-0.15, -0.1) is 0 Å². The number of hydrogen-bond donors (Lipinski definition) is 1. The van der Waals surface area contributed by atoms with E-state index in [4.69, 9.17) is 34.8 Å². The molecule has 0 fully saturated rings. The van der Waals surface area contributed by atoms with Gasteiger partial charge in [0.05, 0.1) is 5.69 Å². The summed E-state index contributed by atoms with van der Waals surface area (Å²) in [6.45, 7) is 0. The first kappa shape index (κ1) is 11.0. The second kappa shape index (κ2) is 4.42. The third-order valence-corrected chi connectivity index (χ3v) is 2.15. The van der Waals surface area contributed by atoms with Crippen LogP contribution in [0.15, 0.2) is 18.6 Å². The van der Waals surface area contributed by atoms with E-state index in [1.54, 1.807) is 0 Å². The molecule has 72 valence electrons. The smallest absolute Gasteiger partial charge is 0.216 e. The van der Waals surface area contributed by atoms with Crippen LogP contribution in [-0.2, 0) is 6.42 Å². The van der Waals surface area contributed by atoms with Crippen LogP contribution in [0.1, 0.15) is 5.69 Å². The number of rotatable bonds is 2. The number of alkyl halides is 3. The van der Waals surface area contributed by atoms with Crippen LogP contribution < -0.4 is 0 Å². The van der Waals surface area contributed by atoms with Gasteiger partial charge in [-0.25, -0.2) is 0 Å². The molecule has 0 spiro atoms. The summed E-state index contributed by atoms with van der Waals surface area (Å²) in [4.78, 5) is 7.75. The molecule has 0 radical (unpaired) electrons. The van der Waals surface area contributed by atoms with Crippen LogP contribution in [0, 0.1) is 0 Å². The molecule has 0 bridgehead atoms. The van der Waals surface area contributed by atoms with Gasteiger partial charge in [-0.3, -0.25) is 9.97 Å². The Bertz CT molecular complexity index is 262. The number of hydrogen-bond acceptors (Lipinski definition) is 3. The molecule has 0 saturated heterocycles. The average molecular weight is 242 g/mol. The van der Waals surface area contributed by atoms with E-state index in [2.05, 4.69) is 9.97 Å². The second-order valence-corrected chi connectivity index (χ2v) is 4.83. The molecule has 1 N–H and O–H groups in total. The van der Waals surface area contributed by atoms with E-state index in [-0.39, 0.29) is 6.42 Å². The second-order valence-electron chi connectivity index (χ2n) is 2.46. The molecule has 0 aliphatic carbocycles. The Kier molecular flexibility index (Phi) is 3.74. The van der Waals surface area contributed by atoms with E-state index in [0.717, 1.165) is 0 Å². The van der Waals surface area contributed by atoms with Gasteiger partial charge in [0, 0.05) is 25.0 Å². The van der Waals surface area contributed by atoms with Crippen LogP contribution in [0.5, 0.6) is 0 Å². The molecule has 0 unspecified atom stereocenters. The minimum atomic E-state index is -1.68. The Morgan fingerprint density at radius 3 is 2.54 bits per heavy atom. The van der Waals surface area contributed by atoms with Crippen molar-refractivity contribution >= 4 is 34.8 Å². The molecule has 0 saturated carbocycles. The molecule has 1 atom stereocenters. The summed E-state index contributed by atoms with van der Waals surface area (Å²) in [5.74, 6) is 0. The maximum atomic E-state index is 9.38. The fraction of sp³-hybridized carbons (Fsp3) is 0.429. The molecule has 0 aliphatic heterocycles. The van der Waals surface area contributed by atoms with Gasteiger partial charge in [0.1, 0.15) is 6.10 Å². The molecular weight excluding hydrogens is 234 g/mol. The van der Waals surface area contributed by atoms with Gasteiger partial charge in [0.2, 0.25) is 3.79 Å². The minimum Gasteiger partial charge on any atom is -0.388 e. The molecule has 3 nitrogen and oxygen atoms in total. The summed E-state index contributed by atoms with van der Waals surface area (Å²) in [7, 11) is 0. The predicted octanol–water partition coefficient (Wildman–Crippen LogP) is 1.75. The molecule has 1 aromatic heterocycles. The summed E-state index contributed by atoms with van der Waals surface area (Å²) in [6, 6.07) is 0. The molecule has 0 amide bonds. The lowest BCUT2D eigenvalue weighted by Gasteiger charge is -2.17. The van der Waals surface area contributed by atoms with Crippen molar-refractivity contribution in [2.45, 2.75) is 16.3 Å². The fourth-order valence-corrected chi connectivity index (χ4v) is 0.981. The summed E-state index contributed by atoms with van der Waals surface area (Å²) >= 11 is 16.4. The highest BCUT2D eigenvalue weighted by Gasteiger charge is 2.30. The molecule has 0 aromatic carbocycles. The first-order chi connectivity index (χ1) is 6.00. The highest BCUT2D eigenvalue weighted by Crippen LogP contribution is 2.31. The Morgan fingerprint density at radius 1 is 1.38 bits per heavy atom. The van der Waals surface area contributed by atoms with Crippen LogP contribution in [0.2, 0.25) is 0 Å². The third kappa shape index (κ3) is 3.65. The van der Waals surface area contributed by atoms with Crippen molar-refractivity contribution in [1.82, 2.24) is 9.97 Å². The van der Waals surface area contributed by atoms with Crippen LogP contribution >= 0.6 is 34.8 Å².